The third-order valence-corrected chi connectivity index (χ3v) is 6.25. The maximum absolute atomic E-state index is 12.2. The fraction of sp³-hybridized carbons (Fsp3) is 0.200. The van der Waals surface area contributed by atoms with E-state index in [1.807, 2.05) is 73.7 Å². The predicted molar refractivity (Wildman–Crippen MR) is 120 cm³/mol. The zero-order valence-corrected chi connectivity index (χ0v) is 17.9. The number of rotatable bonds is 5. The Morgan fingerprint density at radius 2 is 1.34 bits per heavy atom. The van der Waals surface area contributed by atoms with Gasteiger partial charge in [0.15, 0.2) is 0 Å². The molecule has 1 heterocycles. The van der Waals surface area contributed by atoms with Crippen molar-refractivity contribution < 1.29 is 5.11 Å². The fourth-order valence-electron chi connectivity index (χ4n) is 4.18. The minimum atomic E-state index is -1.22. The first kappa shape index (κ1) is 20.0. The summed E-state index contributed by atoms with van der Waals surface area (Å²) in [4.78, 5) is 2.28. The lowest BCUT2D eigenvalue weighted by atomic mass is 9.82. The molecule has 3 aromatic carbocycles. The Kier molecular flexibility index (Phi) is 5.44. The van der Waals surface area contributed by atoms with Crippen molar-refractivity contribution in [2.45, 2.75) is 31.5 Å². The van der Waals surface area contributed by atoms with E-state index in [1.165, 1.54) is 5.56 Å². The van der Waals surface area contributed by atoms with Crippen LogP contribution < -0.4 is 0 Å². The van der Waals surface area contributed by atoms with Gasteiger partial charge >= 0.3 is 0 Å². The van der Waals surface area contributed by atoms with Gasteiger partial charge in [0, 0.05) is 15.7 Å². The van der Waals surface area contributed by atoms with Crippen LogP contribution in [0.25, 0.3) is 0 Å². The van der Waals surface area contributed by atoms with Gasteiger partial charge < -0.3 is 10.0 Å². The van der Waals surface area contributed by atoms with Gasteiger partial charge in [0.1, 0.15) is 11.6 Å². The Morgan fingerprint density at radius 3 is 1.79 bits per heavy atom. The van der Waals surface area contributed by atoms with E-state index in [0.717, 1.165) is 16.8 Å². The molecule has 1 fully saturated rings. The number of hydrogen-bond donors (Lipinski definition) is 1. The van der Waals surface area contributed by atoms with Crippen molar-refractivity contribution in [1.82, 2.24) is 4.90 Å². The molecule has 0 bridgehead atoms. The van der Waals surface area contributed by atoms with Gasteiger partial charge in [-0.2, -0.15) is 0 Å². The highest BCUT2D eigenvalue weighted by Gasteiger charge is 2.57. The topological polar surface area (TPSA) is 23.2 Å². The van der Waals surface area contributed by atoms with Gasteiger partial charge in [0.25, 0.3) is 0 Å². The van der Waals surface area contributed by atoms with E-state index in [-0.39, 0.29) is 12.1 Å². The summed E-state index contributed by atoms with van der Waals surface area (Å²) in [5.74, 6) is 0. The summed E-state index contributed by atoms with van der Waals surface area (Å²) in [5.41, 5.74) is 2.71. The van der Waals surface area contributed by atoms with Crippen molar-refractivity contribution in [3.8, 4) is 0 Å². The number of hydrogen-bond acceptors (Lipinski definition) is 2. The van der Waals surface area contributed by atoms with Crippen LogP contribution in [-0.4, -0.2) is 16.0 Å². The summed E-state index contributed by atoms with van der Waals surface area (Å²) in [6.45, 7) is 4.19. The first-order valence-corrected chi connectivity index (χ1v) is 10.5. The molecule has 4 heteroatoms. The van der Waals surface area contributed by atoms with Crippen molar-refractivity contribution in [3.05, 3.63) is 117 Å². The summed E-state index contributed by atoms with van der Waals surface area (Å²) < 4.78 is 0. The maximum atomic E-state index is 12.2. The van der Waals surface area contributed by atoms with Crippen LogP contribution in [0, 0.1) is 0 Å². The predicted octanol–water partition coefficient (Wildman–Crippen LogP) is 6.58. The normalized spacial score (nSPS) is 18.7. The van der Waals surface area contributed by atoms with Crippen molar-refractivity contribution >= 4 is 23.2 Å². The first-order chi connectivity index (χ1) is 14.0. The quantitative estimate of drug-likeness (QED) is 0.468. The average Bonchev–Trinajstić information content (AvgIpc) is 3.49. The van der Waals surface area contributed by atoms with E-state index in [4.69, 9.17) is 23.2 Å². The average molecular weight is 424 g/mol. The summed E-state index contributed by atoms with van der Waals surface area (Å²) >= 11 is 12.2. The Labute approximate surface area is 182 Å². The van der Waals surface area contributed by atoms with Gasteiger partial charge in [-0.05, 0) is 54.8 Å². The van der Waals surface area contributed by atoms with Crippen molar-refractivity contribution in [2.75, 3.05) is 0 Å². The zero-order valence-electron chi connectivity index (χ0n) is 16.4. The molecule has 0 spiro atoms. The molecular formula is C25H23Cl2NO. The van der Waals surface area contributed by atoms with Crippen LogP contribution in [0.5, 0.6) is 0 Å². The summed E-state index contributed by atoms with van der Waals surface area (Å²) in [6, 6.07) is 25.2. The van der Waals surface area contributed by atoms with Crippen LogP contribution >= 0.6 is 23.2 Å². The molecular weight excluding hydrogens is 401 g/mol. The molecule has 0 saturated carbocycles. The van der Waals surface area contributed by atoms with E-state index in [9.17, 15) is 5.11 Å². The van der Waals surface area contributed by atoms with Gasteiger partial charge in [-0.15, -0.1) is 0 Å². The first-order valence-electron chi connectivity index (χ1n) is 9.70. The molecule has 4 rings (SSSR count). The Morgan fingerprint density at radius 1 is 0.862 bits per heavy atom. The molecule has 1 aliphatic rings. The summed E-state index contributed by atoms with van der Waals surface area (Å²) in [7, 11) is 0. The fourth-order valence-corrected chi connectivity index (χ4v) is 4.43. The molecule has 1 aliphatic heterocycles. The molecule has 2 nitrogen and oxygen atoms in total. The maximum Gasteiger partial charge on any atom is 0.140 e. The van der Waals surface area contributed by atoms with Crippen molar-refractivity contribution in [3.63, 3.8) is 0 Å². The Bertz CT molecular complexity index is 967. The molecule has 0 unspecified atom stereocenters. The molecule has 148 valence electrons. The molecule has 0 radical (unpaired) electrons. The van der Waals surface area contributed by atoms with E-state index in [2.05, 4.69) is 30.0 Å². The summed E-state index contributed by atoms with van der Waals surface area (Å²) in [5, 5.41) is 13.5. The molecule has 3 aromatic rings. The van der Waals surface area contributed by atoms with E-state index in [1.54, 1.807) is 0 Å². The van der Waals surface area contributed by atoms with Gasteiger partial charge in [-0.1, -0.05) is 83.9 Å². The van der Waals surface area contributed by atoms with E-state index < -0.39 is 5.60 Å². The van der Waals surface area contributed by atoms with Gasteiger partial charge in [-0.25, -0.2) is 0 Å². The molecule has 29 heavy (non-hydrogen) atoms. The second-order valence-electron chi connectivity index (χ2n) is 7.39. The SMILES string of the molecule is C/C=C1\[C@H](C(O)(c2ccc(Cl)cc2)c2ccc(Cl)cc2)N1[C@@H](C)c1ccccc1. The van der Waals surface area contributed by atoms with Gasteiger partial charge in [0.05, 0.1) is 6.04 Å². The minimum absolute atomic E-state index is 0.138. The van der Waals surface area contributed by atoms with E-state index >= 15 is 0 Å². The number of benzene rings is 3. The van der Waals surface area contributed by atoms with Crippen LogP contribution in [0.1, 0.15) is 36.6 Å². The van der Waals surface area contributed by atoms with Crippen molar-refractivity contribution in [2.24, 2.45) is 0 Å². The molecule has 2 atom stereocenters. The second kappa shape index (κ2) is 7.87. The standard InChI is InChI=1S/C25H23Cl2NO/c1-3-23-24(28(23)17(2)18-7-5-4-6-8-18)25(29,19-9-13-21(26)14-10-19)20-11-15-22(27)16-12-20/h3-17,24,29H,1-2H3/b23-3+/t17-,24+,28?/m0/s1. The highest BCUT2D eigenvalue weighted by Crippen LogP contribution is 2.53. The third-order valence-electron chi connectivity index (χ3n) is 5.75. The van der Waals surface area contributed by atoms with Crippen LogP contribution in [-0.2, 0) is 5.60 Å². The van der Waals surface area contributed by atoms with Gasteiger partial charge in [0.2, 0.25) is 0 Å². The largest absolute Gasteiger partial charge is 0.378 e. The smallest absolute Gasteiger partial charge is 0.140 e. The summed E-state index contributed by atoms with van der Waals surface area (Å²) in [6.07, 6.45) is 2.08. The molecule has 0 aromatic heterocycles. The Hall–Kier alpha value is -2.26. The second-order valence-corrected chi connectivity index (χ2v) is 8.26. The molecule has 0 amide bonds. The van der Waals surface area contributed by atoms with E-state index in [0.29, 0.717) is 10.0 Å². The van der Waals surface area contributed by atoms with Crippen LogP contribution in [0.2, 0.25) is 10.0 Å². The molecule has 1 N–H and O–H groups in total. The number of allylic oxidation sites excluding steroid dienone is 1. The monoisotopic (exact) mass is 423 g/mol. The molecule has 1 saturated heterocycles. The lowest BCUT2D eigenvalue weighted by Crippen LogP contribution is -2.36. The van der Waals surface area contributed by atoms with Crippen LogP contribution in [0.3, 0.4) is 0 Å². The number of aliphatic hydroxyl groups is 1. The zero-order chi connectivity index (χ0) is 20.6. The Balaban J connectivity index is 1.81. The lowest BCUT2D eigenvalue weighted by molar-refractivity contribution is 0.0605. The minimum Gasteiger partial charge on any atom is -0.378 e. The van der Waals surface area contributed by atoms with Crippen molar-refractivity contribution in [1.29, 1.82) is 0 Å². The third kappa shape index (κ3) is 3.57. The van der Waals surface area contributed by atoms with Crippen LogP contribution in [0.4, 0.5) is 0 Å². The number of halogens is 2. The molecule has 0 aliphatic carbocycles. The lowest BCUT2D eigenvalue weighted by Gasteiger charge is -2.30. The highest BCUT2D eigenvalue weighted by molar-refractivity contribution is 6.30. The van der Waals surface area contributed by atoms with Gasteiger partial charge in [-0.3, -0.25) is 0 Å². The number of nitrogens with zero attached hydrogens (tertiary/aromatic N) is 1. The van der Waals surface area contributed by atoms with Crippen LogP contribution in [0.15, 0.2) is 90.6 Å². The highest BCUT2D eigenvalue weighted by atomic mass is 35.5.